The topological polar surface area (TPSA) is 84.6 Å². The lowest BCUT2D eigenvalue weighted by Crippen LogP contribution is -2.47. The third-order valence-corrected chi connectivity index (χ3v) is 5.87. The van der Waals surface area contributed by atoms with Gasteiger partial charge in [0.05, 0.1) is 12.8 Å². The van der Waals surface area contributed by atoms with E-state index in [1.165, 1.54) is 6.26 Å². The third kappa shape index (κ3) is 4.66. The largest absolute Gasteiger partial charge is 0.459 e. The maximum atomic E-state index is 13.0. The fourth-order valence-electron chi connectivity index (χ4n) is 4.08. The van der Waals surface area contributed by atoms with Crippen molar-refractivity contribution >= 4 is 11.8 Å². The van der Waals surface area contributed by atoms with Crippen LogP contribution in [0.15, 0.2) is 64.1 Å². The summed E-state index contributed by atoms with van der Waals surface area (Å²) in [5, 5.41) is 2.98. The Bertz CT molecular complexity index is 1190. The highest BCUT2D eigenvalue weighted by molar-refractivity contribution is 5.94. The number of carbonyl (C=O) groups excluding carboxylic acids is 2. The van der Waals surface area contributed by atoms with Gasteiger partial charge in [-0.05, 0) is 50.5 Å². The van der Waals surface area contributed by atoms with E-state index in [4.69, 9.17) is 4.42 Å². The van der Waals surface area contributed by atoms with E-state index in [1.807, 2.05) is 38.1 Å². The fourth-order valence-corrected chi connectivity index (χ4v) is 4.08. The normalized spacial score (nSPS) is 14.4. The summed E-state index contributed by atoms with van der Waals surface area (Å²) in [6.07, 6.45) is 4.46. The summed E-state index contributed by atoms with van der Waals surface area (Å²) >= 11 is 0. The average Bonchev–Trinajstić information content (AvgIpc) is 3.21. The molecule has 1 aliphatic heterocycles. The molecular formula is C25H27N3O4. The van der Waals surface area contributed by atoms with Crippen molar-refractivity contribution in [3.63, 3.8) is 0 Å². The zero-order valence-electron chi connectivity index (χ0n) is 18.3. The number of benzene rings is 1. The zero-order valence-corrected chi connectivity index (χ0v) is 18.3. The van der Waals surface area contributed by atoms with Gasteiger partial charge in [-0.2, -0.15) is 0 Å². The van der Waals surface area contributed by atoms with Gasteiger partial charge >= 0.3 is 0 Å². The van der Waals surface area contributed by atoms with Crippen molar-refractivity contribution in [1.82, 2.24) is 14.8 Å². The number of likely N-dealkylation sites (tertiary alicyclic amines) is 1. The molecule has 2 amide bonds. The van der Waals surface area contributed by atoms with E-state index in [2.05, 4.69) is 5.32 Å². The molecule has 7 heteroatoms. The Morgan fingerprint density at radius 1 is 1.09 bits per heavy atom. The highest BCUT2D eigenvalue weighted by Gasteiger charge is 2.27. The van der Waals surface area contributed by atoms with Crippen LogP contribution in [-0.4, -0.2) is 40.4 Å². The number of pyridine rings is 1. The van der Waals surface area contributed by atoms with Crippen molar-refractivity contribution in [2.75, 3.05) is 13.1 Å². The summed E-state index contributed by atoms with van der Waals surface area (Å²) in [5.41, 5.74) is 2.82. The Morgan fingerprint density at radius 3 is 2.56 bits per heavy atom. The molecule has 0 bridgehead atoms. The molecule has 7 nitrogen and oxygen atoms in total. The highest BCUT2D eigenvalue weighted by atomic mass is 16.3. The molecule has 0 atom stereocenters. The molecule has 0 spiro atoms. The van der Waals surface area contributed by atoms with Crippen LogP contribution in [0.5, 0.6) is 0 Å². The van der Waals surface area contributed by atoms with Gasteiger partial charge in [-0.25, -0.2) is 0 Å². The number of nitrogens with zero attached hydrogens (tertiary/aromatic N) is 2. The van der Waals surface area contributed by atoms with Crippen LogP contribution >= 0.6 is 0 Å². The molecule has 0 aliphatic carbocycles. The fraction of sp³-hybridized carbons (Fsp3) is 0.320. The van der Waals surface area contributed by atoms with Gasteiger partial charge < -0.3 is 19.2 Å². The van der Waals surface area contributed by atoms with Gasteiger partial charge in [0.1, 0.15) is 5.56 Å². The number of nitrogens with one attached hydrogen (secondary N) is 1. The van der Waals surface area contributed by atoms with Gasteiger partial charge in [-0.1, -0.05) is 29.8 Å². The first-order valence-electron chi connectivity index (χ1n) is 10.8. The van der Waals surface area contributed by atoms with Crippen LogP contribution in [0.3, 0.4) is 0 Å². The van der Waals surface area contributed by atoms with Crippen LogP contribution in [0, 0.1) is 13.8 Å². The van der Waals surface area contributed by atoms with E-state index < -0.39 is 0 Å². The summed E-state index contributed by atoms with van der Waals surface area (Å²) in [5.74, 6) is -0.179. The molecule has 1 fully saturated rings. The first kappa shape index (κ1) is 21.6. The second kappa shape index (κ2) is 9.26. The minimum atomic E-state index is -0.289. The number of carbonyl (C=O) groups is 2. The minimum absolute atomic E-state index is 0.0372. The van der Waals surface area contributed by atoms with Gasteiger partial charge in [0.2, 0.25) is 0 Å². The second-order valence-corrected chi connectivity index (χ2v) is 8.32. The quantitative estimate of drug-likeness (QED) is 0.670. The molecule has 1 N–H and O–H groups in total. The Morgan fingerprint density at radius 2 is 1.88 bits per heavy atom. The van der Waals surface area contributed by atoms with E-state index in [-0.39, 0.29) is 29.0 Å². The molecule has 0 unspecified atom stereocenters. The van der Waals surface area contributed by atoms with Crippen molar-refractivity contribution in [1.29, 1.82) is 0 Å². The van der Waals surface area contributed by atoms with Crippen molar-refractivity contribution < 1.29 is 14.0 Å². The number of hydrogen-bond acceptors (Lipinski definition) is 4. The lowest BCUT2D eigenvalue weighted by Gasteiger charge is -2.32. The van der Waals surface area contributed by atoms with Crippen LogP contribution in [0.4, 0.5) is 0 Å². The Labute approximate surface area is 186 Å². The van der Waals surface area contributed by atoms with Crippen molar-refractivity contribution in [3.05, 3.63) is 93.3 Å². The number of amides is 2. The summed E-state index contributed by atoms with van der Waals surface area (Å²) in [4.78, 5) is 40.1. The number of aryl methyl sites for hydroxylation is 2. The lowest BCUT2D eigenvalue weighted by atomic mass is 10.0. The van der Waals surface area contributed by atoms with Crippen LogP contribution in [0.25, 0.3) is 0 Å². The molecule has 0 saturated carbocycles. The smallest absolute Gasteiger partial charge is 0.287 e. The molecule has 3 heterocycles. The maximum absolute atomic E-state index is 13.0. The number of furan rings is 1. The van der Waals surface area contributed by atoms with E-state index in [0.717, 1.165) is 16.7 Å². The van der Waals surface area contributed by atoms with E-state index in [0.29, 0.717) is 38.2 Å². The van der Waals surface area contributed by atoms with Crippen molar-refractivity contribution in [2.45, 2.75) is 39.3 Å². The number of rotatable bonds is 5. The summed E-state index contributed by atoms with van der Waals surface area (Å²) < 4.78 is 6.81. The van der Waals surface area contributed by atoms with E-state index in [1.54, 1.807) is 33.9 Å². The monoisotopic (exact) mass is 433 g/mol. The maximum Gasteiger partial charge on any atom is 0.287 e. The Balaban J connectivity index is 1.39. The predicted molar refractivity (Wildman–Crippen MR) is 121 cm³/mol. The molecule has 32 heavy (non-hydrogen) atoms. The number of piperidine rings is 1. The number of aromatic nitrogens is 1. The standard InChI is InChI=1S/C25H27N3O4/c1-17-5-3-6-19(15-17)16-28-11-4-7-21(25(28)31)24(30)27-12-8-20(9-13-27)26-23(29)22-18(2)10-14-32-22/h3-7,10-11,14-15,20H,8-9,12-13,16H2,1-2H3,(H,26,29). The second-order valence-electron chi connectivity index (χ2n) is 8.32. The lowest BCUT2D eigenvalue weighted by molar-refractivity contribution is 0.0693. The molecule has 1 aliphatic rings. The van der Waals surface area contributed by atoms with Gasteiger partial charge in [0.15, 0.2) is 5.76 Å². The van der Waals surface area contributed by atoms with E-state index in [9.17, 15) is 14.4 Å². The van der Waals surface area contributed by atoms with Crippen LogP contribution in [-0.2, 0) is 6.54 Å². The van der Waals surface area contributed by atoms with Gasteiger partial charge in [0, 0.05) is 30.9 Å². The van der Waals surface area contributed by atoms with Crippen LogP contribution < -0.4 is 10.9 Å². The summed E-state index contributed by atoms with van der Waals surface area (Å²) in [7, 11) is 0. The van der Waals surface area contributed by atoms with Crippen molar-refractivity contribution in [3.8, 4) is 0 Å². The molecule has 1 saturated heterocycles. The van der Waals surface area contributed by atoms with Crippen molar-refractivity contribution in [2.24, 2.45) is 0 Å². The van der Waals surface area contributed by atoms with Gasteiger partial charge in [-0.15, -0.1) is 0 Å². The van der Waals surface area contributed by atoms with Crippen LogP contribution in [0.1, 0.15) is 50.4 Å². The van der Waals surface area contributed by atoms with E-state index >= 15 is 0 Å². The molecular weight excluding hydrogens is 406 g/mol. The summed E-state index contributed by atoms with van der Waals surface area (Å²) in [6.45, 7) is 5.21. The van der Waals surface area contributed by atoms with Gasteiger partial charge in [0.25, 0.3) is 17.4 Å². The molecule has 0 radical (unpaired) electrons. The first-order chi connectivity index (χ1) is 15.4. The molecule has 2 aromatic heterocycles. The molecule has 3 aromatic rings. The van der Waals surface area contributed by atoms with Gasteiger partial charge in [-0.3, -0.25) is 14.4 Å². The molecule has 4 rings (SSSR count). The number of hydrogen-bond donors (Lipinski definition) is 1. The Kier molecular flexibility index (Phi) is 6.25. The predicted octanol–water partition coefficient (Wildman–Crippen LogP) is 3.14. The highest BCUT2D eigenvalue weighted by Crippen LogP contribution is 2.15. The SMILES string of the molecule is Cc1cccc(Cn2cccc(C(=O)N3CCC(NC(=O)c4occc4C)CC3)c2=O)c1. The first-order valence-corrected chi connectivity index (χ1v) is 10.8. The van der Waals surface area contributed by atoms with Crippen LogP contribution in [0.2, 0.25) is 0 Å². The third-order valence-electron chi connectivity index (χ3n) is 5.87. The summed E-state index contributed by atoms with van der Waals surface area (Å²) in [6, 6.07) is 13.0. The zero-order chi connectivity index (χ0) is 22.7. The molecule has 1 aromatic carbocycles. The average molecular weight is 434 g/mol. The minimum Gasteiger partial charge on any atom is -0.459 e. The molecule has 166 valence electrons. The Hall–Kier alpha value is -3.61.